The summed E-state index contributed by atoms with van der Waals surface area (Å²) < 4.78 is 0. The summed E-state index contributed by atoms with van der Waals surface area (Å²) in [4.78, 5) is 15.8. The van der Waals surface area contributed by atoms with Gasteiger partial charge in [0.15, 0.2) is 11.5 Å². The quantitative estimate of drug-likeness (QED) is 0.887. The Morgan fingerprint density at radius 1 is 1.26 bits per heavy atom. The molecule has 2 heterocycles. The molecule has 2 aliphatic rings. The van der Waals surface area contributed by atoms with Crippen molar-refractivity contribution in [2.75, 3.05) is 5.32 Å². The maximum absolute atomic E-state index is 4.36. The van der Waals surface area contributed by atoms with Gasteiger partial charge in [-0.15, -0.1) is 0 Å². The second-order valence-electron chi connectivity index (χ2n) is 6.10. The fourth-order valence-electron chi connectivity index (χ4n) is 4.10. The zero-order chi connectivity index (χ0) is 12.8. The lowest BCUT2D eigenvalue weighted by Crippen LogP contribution is -2.30. The Hall–Kier alpha value is -1.65. The van der Waals surface area contributed by atoms with Gasteiger partial charge in [0.25, 0.3) is 0 Å². The number of hydrogen-bond acceptors (Lipinski definition) is 4. The van der Waals surface area contributed by atoms with Crippen molar-refractivity contribution in [1.29, 1.82) is 0 Å². The molecule has 0 radical (unpaired) electrons. The Morgan fingerprint density at radius 2 is 2.21 bits per heavy atom. The Morgan fingerprint density at radius 3 is 3.00 bits per heavy atom. The molecule has 5 heteroatoms. The molecule has 19 heavy (non-hydrogen) atoms. The Labute approximate surface area is 112 Å². The van der Waals surface area contributed by atoms with E-state index in [0.717, 1.165) is 34.7 Å². The minimum absolute atomic E-state index is 0.469. The first-order valence-corrected chi connectivity index (χ1v) is 7.22. The van der Waals surface area contributed by atoms with Crippen LogP contribution in [-0.4, -0.2) is 26.0 Å². The lowest BCUT2D eigenvalue weighted by molar-refractivity contribution is 0.304. The van der Waals surface area contributed by atoms with Crippen LogP contribution in [0.2, 0.25) is 0 Å². The number of aromatic nitrogens is 4. The Bertz CT molecular complexity index is 592. The van der Waals surface area contributed by atoms with E-state index < -0.39 is 0 Å². The lowest BCUT2D eigenvalue weighted by Gasteiger charge is -2.28. The number of imidazole rings is 1. The molecule has 4 unspecified atom stereocenters. The fraction of sp³-hybridized carbons (Fsp3) is 0.643. The van der Waals surface area contributed by atoms with Crippen molar-refractivity contribution >= 4 is 17.0 Å². The Kier molecular flexibility index (Phi) is 2.47. The first-order chi connectivity index (χ1) is 9.31. The molecule has 0 aromatic carbocycles. The standard InChI is InChI=1S/C14H19N5/c1-8(11-5-9-2-3-10(11)4-9)19-14-12-13(16-6-15-12)17-7-18-14/h6-11H,2-5H2,1H3,(H2,15,16,17,18,19). The van der Waals surface area contributed by atoms with Gasteiger partial charge in [0, 0.05) is 6.04 Å². The van der Waals surface area contributed by atoms with Crippen LogP contribution in [0, 0.1) is 17.8 Å². The molecule has 5 nitrogen and oxygen atoms in total. The van der Waals surface area contributed by atoms with Crippen LogP contribution in [0.3, 0.4) is 0 Å². The van der Waals surface area contributed by atoms with Gasteiger partial charge in [0.2, 0.25) is 0 Å². The summed E-state index contributed by atoms with van der Waals surface area (Å²) >= 11 is 0. The summed E-state index contributed by atoms with van der Waals surface area (Å²) in [6, 6.07) is 0.469. The monoisotopic (exact) mass is 257 g/mol. The molecule has 2 aliphatic carbocycles. The predicted molar refractivity (Wildman–Crippen MR) is 73.7 cm³/mol. The smallest absolute Gasteiger partial charge is 0.182 e. The van der Waals surface area contributed by atoms with Crippen molar-refractivity contribution in [3.05, 3.63) is 12.7 Å². The van der Waals surface area contributed by atoms with E-state index in [-0.39, 0.29) is 0 Å². The van der Waals surface area contributed by atoms with Gasteiger partial charge in [0.1, 0.15) is 11.8 Å². The largest absolute Gasteiger partial charge is 0.365 e. The number of nitrogens with one attached hydrogen (secondary N) is 2. The van der Waals surface area contributed by atoms with Crippen LogP contribution >= 0.6 is 0 Å². The van der Waals surface area contributed by atoms with Crippen molar-refractivity contribution in [2.24, 2.45) is 17.8 Å². The molecule has 2 N–H and O–H groups in total. The van der Waals surface area contributed by atoms with Gasteiger partial charge in [-0.3, -0.25) is 0 Å². The number of rotatable bonds is 3. The normalized spacial score (nSPS) is 30.9. The minimum Gasteiger partial charge on any atom is -0.365 e. The highest BCUT2D eigenvalue weighted by molar-refractivity contribution is 5.82. The molecule has 2 bridgehead atoms. The molecule has 100 valence electrons. The molecule has 2 saturated carbocycles. The molecule has 4 rings (SSSR count). The average molecular weight is 257 g/mol. The second kappa shape index (κ2) is 4.18. The minimum atomic E-state index is 0.469. The van der Waals surface area contributed by atoms with Crippen LogP contribution < -0.4 is 5.32 Å². The molecule has 2 aromatic heterocycles. The van der Waals surface area contributed by atoms with Crippen molar-refractivity contribution in [3.63, 3.8) is 0 Å². The predicted octanol–water partition coefficient (Wildman–Crippen LogP) is 2.59. The van der Waals surface area contributed by atoms with Crippen molar-refractivity contribution in [2.45, 2.75) is 38.6 Å². The molecular weight excluding hydrogens is 238 g/mol. The summed E-state index contributed by atoms with van der Waals surface area (Å²) in [5, 5.41) is 3.58. The first-order valence-electron chi connectivity index (χ1n) is 7.22. The van der Waals surface area contributed by atoms with E-state index in [0.29, 0.717) is 6.04 Å². The zero-order valence-electron chi connectivity index (χ0n) is 11.1. The summed E-state index contributed by atoms with van der Waals surface area (Å²) in [5.41, 5.74) is 1.65. The highest BCUT2D eigenvalue weighted by atomic mass is 15.1. The van der Waals surface area contributed by atoms with Crippen LogP contribution in [0.5, 0.6) is 0 Å². The number of H-pyrrole nitrogens is 1. The van der Waals surface area contributed by atoms with Crippen molar-refractivity contribution in [1.82, 2.24) is 19.9 Å². The van der Waals surface area contributed by atoms with Gasteiger partial charge < -0.3 is 10.3 Å². The molecule has 4 atom stereocenters. The summed E-state index contributed by atoms with van der Waals surface area (Å²) in [5.74, 6) is 3.59. The highest BCUT2D eigenvalue weighted by Crippen LogP contribution is 2.49. The molecule has 0 aliphatic heterocycles. The molecule has 0 spiro atoms. The third kappa shape index (κ3) is 1.79. The van der Waals surface area contributed by atoms with Gasteiger partial charge in [-0.25, -0.2) is 15.0 Å². The van der Waals surface area contributed by atoms with E-state index in [1.807, 2.05) is 0 Å². The van der Waals surface area contributed by atoms with Crippen molar-refractivity contribution < 1.29 is 0 Å². The molecule has 0 saturated heterocycles. The fourth-order valence-corrected chi connectivity index (χ4v) is 4.10. The summed E-state index contributed by atoms with van der Waals surface area (Å²) in [6.45, 7) is 2.29. The van der Waals surface area contributed by atoms with E-state index in [9.17, 15) is 0 Å². The van der Waals surface area contributed by atoms with E-state index in [1.54, 1.807) is 12.7 Å². The maximum Gasteiger partial charge on any atom is 0.182 e. The molecule has 2 fully saturated rings. The van der Waals surface area contributed by atoms with Crippen LogP contribution in [0.4, 0.5) is 5.82 Å². The van der Waals surface area contributed by atoms with Gasteiger partial charge in [-0.1, -0.05) is 6.42 Å². The topological polar surface area (TPSA) is 66.5 Å². The van der Waals surface area contributed by atoms with Crippen LogP contribution in [-0.2, 0) is 0 Å². The third-order valence-corrected chi connectivity index (χ3v) is 5.02. The SMILES string of the molecule is CC(Nc1ncnc2nc[nH]c12)C1CC2CCC1C2. The van der Waals surface area contributed by atoms with Gasteiger partial charge in [0.05, 0.1) is 6.33 Å². The number of aromatic amines is 1. The van der Waals surface area contributed by atoms with E-state index in [2.05, 4.69) is 32.2 Å². The Balaban J connectivity index is 1.56. The van der Waals surface area contributed by atoms with Crippen LogP contribution in [0.25, 0.3) is 11.2 Å². The lowest BCUT2D eigenvalue weighted by atomic mass is 9.84. The zero-order valence-corrected chi connectivity index (χ0v) is 11.1. The summed E-state index contributed by atoms with van der Waals surface area (Å²) in [6.07, 6.45) is 8.96. The number of hydrogen-bond donors (Lipinski definition) is 2. The number of fused-ring (bicyclic) bond motifs is 3. The van der Waals surface area contributed by atoms with Crippen molar-refractivity contribution in [3.8, 4) is 0 Å². The molecule has 0 amide bonds. The number of nitrogens with zero attached hydrogens (tertiary/aromatic N) is 3. The van der Waals surface area contributed by atoms with E-state index in [1.165, 1.54) is 25.7 Å². The maximum atomic E-state index is 4.36. The van der Waals surface area contributed by atoms with Gasteiger partial charge >= 0.3 is 0 Å². The first kappa shape index (κ1) is 11.2. The highest BCUT2D eigenvalue weighted by Gasteiger charge is 2.41. The molecule has 2 aromatic rings. The second-order valence-corrected chi connectivity index (χ2v) is 6.10. The van der Waals surface area contributed by atoms with Crippen LogP contribution in [0.1, 0.15) is 32.6 Å². The third-order valence-electron chi connectivity index (χ3n) is 5.02. The van der Waals surface area contributed by atoms with E-state index >= 15 is 0 Å². The van der Waals surface area contributed by atoms with Crippen LogP contribution in [0.15, 0.2) is 12.7 Å². The van der Waals surface area contributed by atoms with Gasteiger partial charge in [-0.2, -0.15) is 0 Å². The van der Waals surface area contributed by atoms with E-state index in [4.69, 9.17) is 0 Å². The number of anilines is 1. The van der Waals surface area contributed by atoms with Gasteiger partial charge in [-0.05, 0) is 43.9 Å². The molecular formula is C14H19N5. The average Bonchev–Trinajstić information content (AvgIpc) is 3.14. The summed E-state index contributed by atoms with van der Waals surface area (Å²) in [7, 11) is 0.